The quantitative estimate of drug-likeness (QED) is 0.763. The predicted octanol–water partition coefficient (Wildman–Crippen LogP) is 3.45. The molecule has 4 nitrogen and oxygen atoms in total. The number of amides is 1. The summed E-state index contributed by atoms with van der Waals surface area (Å²) in [5, 5.41) is 6.50. The van der Waals surface area contributed by atoms with E-state index in [9.17, 15) is 4.79 Å². The highest BCUT2D eigenvalue weighted by molar-refractivity contribution is 5.85. The molecule has 0 aromatic heterocycles. The number of methoxy groups -OCH3 is 1. The molecule has 1 aliphatic heterocycles. The van der Waals surface area contributed by atoms with Gasteiger partial charge in [0.25, 0.3) is 0 Å². The van der Waals surface area contributed by atoms with Gasteiger partial charge in [0.15, 0.2) is 0 Å². The Bertz CT molecular complexity index is 693. The van der Waals surface area contributed by atoms with Gasteiger partial charge in [0.2, 0.25) is 5.91 Å². The first-order chi connectivity index (χ1) is 12.7. The van der Waals surface area contributed by atoms with Crippen LogP contribution in [0, 0.1) is 5.41 Å². The Labute approximate surface area is 168 Å². The SMILES string of the molecule is COCC1(CNC(=O)Cc2ccc(-c3ccccc3)cc2)CCNCC1.Cl. The number of hydrogen-bond acceptors (Lipinski definition) is 3. The lowest BCUT2D eigenvalue weighted by Crippen LogP contribution is -2.47. The molecule has 2 N–H and O–H groups in total. The minimum absolute atomic E-state index is 0. The molecule has 1 aliphatic rings. The minimum atomic E-state index is 0. The second kappa shape index (κ2) is 10.5. The van der Waals surface area contributed by atoms with Gasteiger partial charge in [-0.2, -0.15) is 0 Å². The molecule has 2 aromatic carbocycles. The maximum atomic E-state index is 12.4. The van der Waals surface area contributed by atoms with E-state index in [1.807, 2.05) is 30.3 Å². The van der Waals surface area contributed by atoms with E-state index in [1.165, 1.54) is 11.1 Å². The summed E-state index contributed by atoms with van der Waals surface area (Å²) >= 11 is 0. The first kappa shape index (κ1) is 21.4. The van der Waals surface area contributed by atoms with E-state index in [4.69, 9.17) is 4.74 Å². The average Bonchev–Trinajstić information content (AvgIpc) is 2.69. The second-order valence-corrected chi connectivity index (χ2v) is 7.20. The number of halogens is 1. The van der Waals surface area contributed by atoms with Gasteiger partial charge in [-0.1, -0.05) is 54.6 Å². The Kier molecular flexibility index (Phi) is 8.29. The number of piperidine rings is 1. The smallest absolute Gasteiger partial charge is 0.224 e. The van der Waals surface area contributed by atoms with Gasteiger partial charge in [-0.3, -0.25) is 4.79 Å². The van der Waals surface area contributed by atoms with Crippen LogP contribution in [0.15, 0.2) is 54.6 Å². The zero-order chi connectivity index (χ0) is 18.2. The largest absolute Gasteiger partial charge is 0.384 e. The van der Waals surface area contributed by atoms with Crippen molar-refractivity contribution in [2.24, 2.45) is 5.41 Å². The molecule has 1 fully saturated rings. The van der Waals surface area contributed by atoms with Crippen LogP contribution in [0.5, 0.6) is 0 Å². The first-order valence-corrected chi connectivity index (χ1v) is 9.32. The summed E-state index contributed by atoms with van der Waals surface area (Å²) in [6.07, 6.45) is 2.48. The topological polar surface area (TPSA) is 50.4 Å². The van der Waals surface area contributed by atoms with Crippen molar-refractivity contribution in [3.63, 3.8) is 0 Å². The van der Waals surface area contributed by atoms with E-state index in [2.05, 4.69) is 34.9 Å². The van der Waals surface area contributed by atoms with Crippen LogP contribution in [0.3, 0.4) is 0 Å². The van der Waals surface area contributed by atoms with Crippen LogP contribution >= 0.6 is 12.4 Å². The summed E-state index contributed by atoms with van der Waals surface area (Å²) in [5.74, 6) is 0.0754. The van der Waals surface area contributed by atoms with Gasteiger partial charge in [0.1, 0.15) is 0 Å². The molecule has 3 rings (SSSR count). The van der Waals surface area contributed by atoms with Gasteiger partial charge in [-0.05, 0) is 42.6 Å². The Hall–Kier alpha value is -1.88. The highest BCUT2D eigenvalue weighted by Crippen LogP contribution is 2.28. The summed E-state index contributed by atoms with van der Waals surface area (Å²) in [6.45, 7) is 3.35. The fourth-order valence-electron chi connectivity index (χ4n) is 3.62. The molecule has 5 heteroatoms. The highest BCUT2D eigenvalue weighted by Gasteiger charge is 2.32. The molecule has 27 heavy (non-hydrogen) atoms. The van der Waals surface area contributed by atoms with Crippen LogP contribution < -0.4 is 10.6 Å². The number of carbonyl (C=O) groups is 1. The molecule has 2 aromatic rings. The molecule has 1 saturated heterocycles. The third-order valence-electron chi connectivity index (χ3n) is 5.20. The first-order valence-electron chi connectivity index (χ1n) is 9.32. The van der Waals surface area contributed by atoms with Crippen LogP contribution in [0.25, 0.3) is 11.1 Å². The zero-order valence-corrected chi connectivity index (χ0v) is 16.7. The van der Waals surface area contributed by atoms with Crippen molar-refractivity contribution in [3.05, 3.63) is 60.2 Å². The summed E-state index contributed by atoms with van der Waals surface area (Å²) in [5.41, 5.74) is 3.46. The third kappa shape index (κ3) is 6.06. The van der Waals surface area contributed by atoms with E-state index in [1.54, 1.807) is 7.11 Å². The van der Waals surface area contributed by atoms with E-state index in [0.29, 0.717) is 19.6 Å². The Morgan fingerprint density at radius 1 is 1.04 bits per heavy atom. The molecule has 0 spiro atoms. The number of nitrogens with one attached hydrogen (secondary N) is 2. The van der Waals surface area contributed by atoms with Crippen molar-refractivity contribution in [3.8, 4) is 11.1 Å². The van der Waals surface area contributed by atoms with E-state index >= 15 is 0 Å². The fourth-order valence-corrected chi connectivity index (χ4v) is 3.62. The summed E-state index contributed by atoms with van der Waals surface area (Å²) in [4.78, 5) is 12.4. The van der Waals surface area contributed by atoms with Crippen LogP contribution in [-0.2, 0) is 16.0 Å². The van der Waals surface area contributed by atoms with Gasteiger partial charge >= 0.3 is 0 Å². The van der Waals surface area contributed by atoms with Crippen molar-refractivity contribution in [1.29, 1.82) is 0 Å². The standard InChI is InChI=1S/C22H28N2O2.ClH/c1-26-17-22(11-13-23-14-12-22)16-24-21(25)15-18-7-9-20(10-8-18)19-5-3-2-4-6-19;/h2-10,23H,11-17H2,1H3,(H,24,25);1H. The molecule has 0 radical (unpaired) electrons. The molecule has 0 bridgehead atoms. The minimum Gasteiger partial charge on any atom is -0.384 e. The zero-order valence-electron chi connectivity index (χ0n) is 15.9. The molecule has 1 amide bonds. The van der Waals surface area contributed by atoms with Crippen molar-refractivity contribution in [2.45, 2.75) is 19.3 Å². The maximum absolute atomic E-state index is 12.4. The van der Waals surface area contributed by atoms with Gasteiger partial charge in [0.05, 0.1) is 13.0 Å². The van der Waals surface area contributed by atoms with E-state index in [-0.39, 0.29) is 23.7 Å². The van der Waals surface area contributed by atoms with Gasteiger partial charge in [0, 0.05) is 19.1 Å². The van der Waals surface area contributed by atoms with Gasteiger partial charge in [-0.15, -0.1) is 12.4 Å². The lowest BCUT2D eigenvalue weighted by molar-refractivity contribution is -0.121. The number of benzene rings is 2. The summed E-state index contributed by atoms with van der Waals surface area (Å²) < 4.78 is 5.41. The van der Waals surface area contributed by atoms with Gasteiger partial charge in [-0.25, -0.2) is 0 Å². The molecule has 0 aliphatic carbocycles. The number of hydrogen-bond donors (Lipinski definition) is 2. The Morgan fingerprint density at radius 3 is 2.30 bits per heavy atom. The van der Waals surface area contributed by atoms with Crippen LogP contribution in [-0.4, -0.2) is 39.3 Å². The molecule has 1 heterocycles. The highest BCUT2D eigenvalue weighted by atomic mass is 35.5. The monoisotopic (exact) mass is 388 g/mol. The molecule has 0 unspecified atom stereocenters. The van der Waals surface area contributed by atoms with Crippen LogP contribution in [0.1, 0.15) is 18.4 Å². The second-order valence-electron chi connectivity index (χ2n) is 7.20. The van der Waals surface area contributed by atoms with Crippen molar-refractivity contribution in [1.82, 2.24) is 10.6 Å². The lowest BCUT2D eigenvalue weighted by atomic mass is 9.79. The fraction of sp³-hybridized carbons (Fsp3) is 0.409. The molecule has 0 saturated carbocycles. The normalized spacial score (nSPS) is 15.6. The average molecular weight is 389 g/mol. The van der Waals surface area contributed by atoms with Crippen molar-refractivity contribution in [2.75, 3.05) is 33.4 Å². The van der Waals surface area contributed by atoms with Crippen molar-refractivity contribution < 1.29 is 9.53 Å². The third-order valence-corrected chi connectivity index (χ3v) is 5.20. The predicted molar refractivity (Wildman–Crippen MR) is 112 cm³/mol. The lowest BCUT2D eigenvalue weighted by Gasteiger charge is -2.37. The van der Waals surface area contributed by atoms with Crippen LogP contribution in [0.2, 0.25) is 0 Å². The van der Waals surface area contributed by atoms with E-state index in [0.717, 1.165) is 31.5 Å². The molecular formula is C22H29ClN2O2. The molecule has 0 atom stereocenters. The Balaban J connectivity index is 0.00000261. The van der Waals surface area contributed by atoms with E-state index < -0.39 is 0 Å². The molecule has 146 valence electrons. The number of ether oxygens (including phenoxy) is 1. The maximum Gasteiger partial charge on any atom is 0.224 e. The summed E-state index contributed by atoms with van der Waals surface area (Å²) in [6, 6.07) is 18.5. The van der Waals surface area contributed by atoms with Crippen LogP contribution in [0.4, 0.5) is 0 Å². The Morgan fingerprint density at radius 2 is 1.67 bits per heavy atom. The van der Waals surface area contributed by atoms with Gasteiger partial charge < -0.3 is 15.4 Å². The summed E-state index contributed by atoms with van der Waals surface area (Å²) in [7, 11) is 1.74. The number of rotatable bonds is 7. The van der Waals surface area contributed by atoms with Crippen molar-refractivity contribution >= 4 is 18.3 Å². The molecular weight excluding hydrogens is 360 g/mol. The number of carbonyl (C=O) groups excluding carboxylic acids is 1.